The van der Waals surface area contributed by atoms with Crippen molar-refractivity contribution in [2.75, 3.05) is 7.11 Å². The van der Waals surface area contributed by atoms with E-state index in [9.17, 15) is 0 Å². The molecule has 0 aliphatic carbocycles. The van der Waals surface area contributed by atoms with Gasteiger partial charge in [-0.05, 0) is 34.8 Å². The number of aromatic amines is 1. The smallest absolute Gasteiger partial charge is 0.146 e. The van der Waals surface area contributed by atoms with Crippen LogP contribution in [0.3, 0.4) is 0 Å². The van der Waals surface area contributed by atoms with Crippen LogP contribution in [-0.2, 0) is 0 Å². The van der Waals surface area contributed by atoms with Gasteiger partial charge in [0.2, 0.25) is 0 Å². The molecular formula is C20H29NOSi. The van der Waals surface area contributed by atoms with E-state index in [0.29, 0.717) is 16.6 Å². The number of rotatable bonds is 4. The molecule has 23 heavy (non-hydrogen) atoms. The Kier molecular flexibility index (Phi) is 5.26. The first-order valence-corrected chi connectivity index (χ1v) is 10.7. The van der Waals surface area contributed by atoms with Gasteiger partial charge in [0.25, 0.3) is 0 Å². The summed E-state index contributed by atoms with van der Waals surface area (Å²) in [6.45, 7) is 14.1. The van der Waals surface area contributed by atoms with Gasteiger partial charge in [-0.25, -0.2) is 0 Å². The standard InChI is InChI=1S/C20H29NOSi/c1-14(2)23(15(3)4,16(5)6)11-10-17-13-21-20-9-8-18(22-7)12-19(17)20/h8-9,12-16,21H,1-7H3. The molecule has 0 aliphatic heterocycles. The van der Waals surface area contributed by atoms with E-state index in [1.165, 1.54) is 0 Å². The van der Waals surface area contributed by atoms with E-state index in [1.807, 2.05) is 12.3 Å². The number of ether oxygens (including phenoxy) is 1. The largest absolute Gasteiger partial charge is 0.497 e. The Morgan fingerprint density at radius 3 is 2.13 bits per heavy atom. The average Bonchev–Trinajstić information content (AvgIpc) is 2.89. The molecular weight excluding hydrogens is 298 g/mol. The highest BCUT2D eigenvalue weighted by atomic mass is 28.3. The first-order chi connectivity index (χ1) is 10.8. The van der Waals surface area contributed by atoms with Crippen molar-refractivity contribution in [1.82, 2.24) is 4.98 Å². The predicted molar refractivity (Wildman–Crippen MR) is 103 cm³/mol. The average molecular weight is 328 g/mol. The fraction of sp³-hybridized carbons (Fsp3) is 0.500. The van der Waals surface area contributed by atoms with Crippen molar-refractivity contribution in [2.24, 2.45) is 0 Å². The van der Waals surface area contributed by atoms with Gasteiger partial charge in [0.05, 0.1) is 7.11 Å². The van der Waals surface area contributed by atoms with Gasteiger partial charge in [-0.1, -0.05) is 47.5 Å². The Labute approximate surface area is 141 Å². The molecule has 0 radical (unpaired) electrons. The number of H-pyrrole nitrogens is 1. The van der Waals surface area contributed by atoms with Gasteiger partial charge < -0.3 is 9.72 Å². The van der Waals surface area contributed by atoms with Crippen molar-refractivity contribution >= 4 is 19.0 Å². The summed E-state index contributed by atoms with van der Waals surface area (Å²) in [5.74, 6) is 4.40. The lowest BCUT2D eigenvalue weighted by atomic mass is 10.2. The first-order valence-electron chi connectivity index (χ1n) is 8.51. The minimum Gasteiger partial charge on any atom is -0.497 e. The normalized spacial score (nSPS) is 12.1. The van der Waals surface area contributed by atoms with Gasteiger partial charge in [0, 0.05) is 22.7 Å². The molecule has 2 rings (SSSR count). The number of benzene rings is 1. The van der Waals surface area contributed by atoms with Crippen LogP contribution in [0.5, 0.6) is 5.75 Å². The molecule has 0 fully saturated rings. The van der Waals surface area contributed by atoms with Crippen molar-refractivity contribution in [3.63, 3.8) is 0 Å². The van der Waals surface area contributed by atoms with Gasteiger partial charge in [-0.15, -0.1) is 5.54 Å². The second kappa shape index (κ2) is 6.84. The van der Waals surface area contributed by atoms with Crippen molar-refractivity contribution in [3.05, 3.63) is 30.0 Å². The molecule has 1 aromatic carbocycles. The lowest BCUT2D eigenvalue weighted by Gasteiger charge is -2.38. The van der Waals surface area contributed by atoms with Crippen LogP contribution in [0, 0.1) is 11.5 Å². The summed E-state index contributed by atoms with van der Waals surface area (Å²) in [5, 5.41) is 1.15. The molecule has 1 aromatic heterocycles. The Morgan fingerprint density at radius 2 is 1.61 bits per heavy atom. The van der Waals surface area contributed by atoms with Crippen LogP contribution in [0.2, 0.25) is 16.6 Å². The molecule has 0 unspecified atom stereocenters. The van der Waals surface area contributed by atoms with Gasteiger partial charge in [-0.2, -0.15) is 0 Å². The molecule has 2 nitrogen and oxygen atoms in total. The van der Waals surface area contributed by atoms with E-state index in [4.69, 9.17) is 4.74 Å². The summed E-state index contributed by atoms with van der Waals surface area (Å²) < 4.78 is 5.35. The molecule has 0 saturated heterocycles. The molecule has 0 amide bonds. The van der Waals surface area contributed by atoms with Crippen molar-refractivity contribution in [2.45, 2.75) is 58.2 Å². The summed E-state index contributed by atoms with van der Waals surface area (Å²) in [7, 11) is 0.00255. The lowest BCUT2D eigenvalue weighted by Crippen LogP contribution is -2.43. The maximum absolute atomic E-state index is 5.35. The molecule has 0 bridgehead atoms. The minimum absolute atomic E-state index is 0.648. The van der Waals surface area contributed by atoms with E-state index in [1.54, 1.807) is 7.11 Å². The van der Waals surface area contributed by atoms with Crippen LogP contribution < -0.4 is 4.74 Å². The highest BCUT2D eigenvalue weighted by Gasteiger charge is 2.41. The SMILES string of the molecule is COc1ccc2[nH]cc(C#C[Si](C(C)C)(C(C)C)C(C)C)c2c1. The third-order valence-electron chi connectivity index (χ3n) is 5.17. The molecule has 0 atom stereocenters. The second-order valence-electron chi connectivity index (χ2n) is 7.26. The topological polar surface area (TPSA) is 25.0 Å². The summed E-state index contributed by atoms with van der Waals surface area (Å²) in [4.78, 5) is 3.32. The summed E-state index contributed by atoms with van der Waals surface area (Å²) in [6, 6.07) is 6.10. The third-order valence-corrected chi connectivity index (χ3v) is 11.5. The molecule has 1 heterocycles. The zero-order valence-electron chi connectivity index (χ0n) is 15.4. The van der Waals surface area contributed by atoms with Crippen molar-refractivity contribution < 1.29 is 4.74 Å². The molecule has 0 spiro atoms. The van der Waals surface area contributed by atoms with Crippen LogP contribution in [0.15, 0.2) is 24.4 Å². The molecule has 0 aliphatic rings. The zero-order valence-corrected chi connectivity index (χ0v) is 16.4. The van der Waals surface area contributed by atoms with Crippen molar-refractivity contribution in [3.8, 4) is 17.2 Å². The third kappa shape index (κ3) is 3.18. The fourth-order valence-electron chi connectivity index (χ4n) is 3.94. The van der Waals surface area contributed by atoms with Crippen LogP contribution in [-0.4, -0.2) is 20.2 Å². The Hall–Kier alpha value is -1.66. The summed E-state index contributed by atoms with van der Waals surface area (Å²) >= 11 is 0. The molecule has 1 N–H and O–H groups in total. The highest BCUT2D eigenvalue weighted by Crippen LogP contribution is 2.40. The van der Waals surface area contributed by atoms with E-state index >= 15 is 0 Å². The number of aromatic nitrogens is 1. The van der Waals surface area contributed by atoms with E-state index in [0.717, 1.165) is 22.2 Å². The molecule has 124 valence electrons. The predicted octanol–water partition coefficient (Wildman–Crippen LogP) is 5.75. The van der Waals surface area contributed by atoms with E-state index in [-0.39, 0.29) is 0 Å². The van der Waals surface area contributed by atoms with Crippen LogP contribution in [0.4, 0.5) is 0 Å². The van der Waals surface area contributed by atoms with Crippen LogP contribution in [0.1, 0.15) is 47.1 Å². The molecule has 3 heteroatoms. The van der Waals surface area contributed by atoms with Crippen LogP contribution in [0.25, 0.3) is 10.9 Å². The minimum atomic E-state index is -1.70. The Balaban J connectivity index is 2.55. The number of fused-ring (bicyclic) bond motifs is 1. The maximum Gasteiger partial charge on any atom is 0.146 e. The fourth-order valence-corrected chi connectivity index (χ4v) is 9.16. The second-order valence-corrected chi connectivity index (χ2v) is 12.8. The van der Waals surface area contributed by atoms with E-state index in [2.05, 4.69) is 70.1 Å². The number of nitrogens with one attached hydrogen (secondary N) is 1. The van der Waals surface area contributed by atoms with Gasteiger partial charge >= 0.3 is 0 Å². The lowest BCUT2D eigenvalue weighted by molar-refractivity contribution is 0.415. The maximum atomic E-state index is 5.35. The molecule has 2 aromatic rings. The Morgan fingerprint density at radius 1 is 1.00 bits per heavy atom. The Bertz CT molecular complexity index is 709. The van der Waals surface area contributed by atoms with Gasteiger partial charge in [0.1, 0.15) is 13.8 Å². The van der Waals surface area contributed by atoms with Gasteiger partial charge in [-0.3, -0.25) is 0 Å². The van der Waals surface area contributed by atoms with Gasteiger partial charge in [0.15, 0.2) is 0 Å². The highest BCUT2D eigenvalue weighted by molar-refractivity contribution is 6.90. The summed E-state index contributed by atoms with van der Waals surface area (Å²) in [5.41, 5.74) is 7.93. The summed E-state index contributed by atoms with van der Waals surface area (Å²) in [6.07, 6.45) is 2.03. The number of hydrogen-bond acceptors (Lipinski definition) is 1. The first kappa shape index (κ1) is 17.7. The van der Waals surface area contributed by atoms with E-state index < -0.39 is 8.07 Å². The van der Waals surface area contributed by atoms with Crippen LogP contribution >= 0.6 is 0 Å². The molecule has 0 saturated carbocycles. The zero-order chi connectivity index (χ0) is 17.2. The number of methoxy groups -OCH3 is 1. The van der Waals surface area contributed by atoms with Crippen molar-refractivity contribution in [1.29, 1.82) is 0 Å². The number of hydrogen-bond donors (Lipinski definition) is 1. The quantitative estimate of drug-likeness (QED) is 0.561. The monoisotopic (exact) mass is 327 g/mol.